The molecule has 0 saturated heterocycles. The minimum Gasteiger partial charge on any atom is -0.156 e. The summed E-state index contributed by atoms with van der Waals surface area (Å²) in [7, 11) is -2.33. The van der Waals surface area contributed by atoms with Crippen molar-refractivity contribution in [1.82, 2.24) is 0 Å². The van der Waals surface area contributed by atoms with Gasteiger partial charge < -0.3 is 0 Å². The first kappa shape index (κ1) is 12.9. The van der Waals surface area contributed by atoms with E-state index in [0.29, 0.717) is 11.2 Å². The van der Waals surface area contributed by atoms with Gasteiger partial charge in [-0.05, 0) is 27.7 Å². The Bertz CT molecular complexity index is 562. The smallest absolute Gasteiger partial charge is 0.156 e. The van der Waals surface area contributed by atoms with E-state index in [1.807, 2.05) is 42.5 Å². The molecule has 92 valence electrons. The van der Waals surface area contributed by atoms with Crippen LogP contribution in [0.5, 0.6) is 0 Å². The summed E-state index contributed by atoms with van der Waals surface area (Å²) in [6, 6.07) is 15.4. The molecule has 2 nitrogen and oxygen atoms in total. The van der Waals surface area contributed by atoms with Crippen LogP contribution in [-0.2, 0) is 4.57 Å². The summed E-state index contributed by atoms with van der Waals surface area (Å²) < 4.78 is 11.5. The first-order valence-corrected chi connectivity index (χ1v) is 7.17. The van der Waals surface area contributed by atoms with Crippen molar-refractivity contribution in [2.75, 3.05) is 0 Å². The molecule has 0 spiro atoms. The van der Waals surface area contributed by atoms with Crippen LogP contribution in [0.4, 0.5) is 0 Å². The predicted molar refractivity (Wildman–Crippen MR) is 75.4 cm³/mol. The van der Waals surface area contributed by atoms with Gasteiger partial charge in [-0.15, -0.1) is 0 Å². The molecule has 2 aromatic carbocycles. The summed E-state index contributed by atoms with van der Waals surface area (Å²) in [6.07, 6.45) is 0. The Labute approximate surface area is 108 Å². The number of hydrogen-bond acceptors (Lipinski definition) is 1. The summed E-state index contributed by atoms with van der Waals surface area (Å²) in [5, 5.41) is 0.516. The lowest BCUT2D eigenvalue weighted by Crippen LogP contribution is -2.06. The summed E-state index contributed by atoms with van der Waals surface area (Å²) >= 11 is 0. The fourth-order valence-corrected chi connectivity index (χ4v) is 2.78. The fraction of sp³-hybridized carbons (Fsp3) is 0.200. The highest BCUT2D eigenvalue weighted by Crippen LogP contribution is 2.32. The maximum absolute atomic E-state index is 11.5. The van der Waals surface area contributed by atoms with E-state index in [4.69, 9.17) is 0 Å². The van der Waals surface area contributed by atoms with E-state index in [0.717, 1.165) is 16.7 Å². The van der Waals surface area contributed by atoms with Crippen molar-refractivity contribution in [3.63, 3.8) is 0 Å². The molecule has 1 unspecified atom stereocenters. The van der Waals surface area contributed by atoms with E-state index < -0.39 is 8.03 Å². The first-order chi connectivity index (χ1) is 8.61. The lowest BCUT2D eigenvalue weighted by atomic mass is 9.92. The molecule has 18 heavy (non-hydrogen) atoms. The third-order valence-corrected chi connectivity index (χ3v) is 3.75. The third kappa shape index (κ3) is 2.50. The third-order valence-electron chi connectivity index (χ3n) is 2.97. The van der Waals surface area contributed by atoms with Crippen molar-refractivity contribution in [1.29, 1.82) is 0 Å². The van der Waals surface area contributed by atoms with Crippen LogP contribution in [0.3, 0.4) is 0 Å². The maximum atomic E-state index is 11.5. The Morgan fingerprint density at radius 3 is 2.22 bits per heavy atom. The Balaban J connectivity index is 2.73. The molecule has 0 aromatic heterocycles. The zero-order valence-corrected chi connectivity index (χ0v) is 11.4. The molecule has 3 heteroatoms. The molecular weight excluding hydrogens is 243 g/mol. The highest BCUT2D eigenvalue weighted by Gasteiger charge is 2.25. The van der Waals surface area contributed by atoms with Gasteiger partial charge in [0.05, 0.1) is 0 Å². The van der Waals surface area contributed by atoms with E-state index in [-0.39, 0.29) is 0 Å². The van der Waals surface area contributed by atoms with Gasteiger partial charge in [-0.2, -0.15) is 4.89 Å². The minimum atomic E-state index is -2.33. The van der Waals surface area contributed by atoms with Crippen molar-refractivity contribution in [3.8, 4) is 11.1 Å². The Hall–Kier alpha value is -1.50. The predicted octanol–water partition coefficient (Wildman–Crippen LogP) is 3.84. The molecular formula is C15H16O2P+. The molecule has 0 radical (unpaired) electrons. The normalized spacial score (nSPS) is 11.7. The van der Waals surface area contributed by atoms with Crippen LogP contribution in [0.2, 0.25) is 0 Å². The second kappa shape index (κ2) is 5.43. The van der Waals surface area contributed by atoms with Gasteiger partial charge in [-0.25, -0.2) is 0 Å². The number of hydrogen-bond donors (Lipinski definition) is 1. The summed E-state index contributed by atoms with van der Waals surface area (Å²) in [4.78, 5) is 9.48. The lowest BCUT2D eigenvalue weighted by Gasteiger charge is -2.12. The van der Waals surface area contributed by atoms with E-state index in [1.54, 1.807) is 6.07 Å². The van der Waals surface area contributed by atoms with Crippen molar-refractivity contribution in [2.24, 2.45) is 0 Å². The molecule has 0 aliphatic carbocycles. The zero-order valence-electron chi connectivity index (χ0n) is 10.5. The Kier molecular flexibility index (Phi) is 3.90. The van der Waals surface area contributed by atoms with Gasteiger partial charge in [-0.1, -0.05) is 56.3 Å². The molecule has 0 fully saturated rings. The van der Waals surface area contributed by atoms with Gasteiger partial charge in [0.1, 0.15) is 0 Å². The second-order valence-corrected chi connectivity index (χ2v) is 5.56. The van der Waals surface area contributed by atoms with Gasteiger partial charge in [0.2, 0.25) is 5.30 Å². The summed E-state index contributed by atoms with van der Waals surface area (Å²) in [6.45, 7) is 4.19. The molecule has 0 aliphatic rings. The van der Waals surface area contributed by atoms with Gasteiger partial charge >= 0.3 is 8.03 Å². The molecule has 2 aromatic rings. The second-order valence-electron chi connectivity index (χ2n) is 4.54. The highest BCUT2D eigenvalue weighted by atomic mass is 31.1. The monoisotopic (exact) mass is 259 g/mol. The van der Waals surface area contributed by atoms with Crippen molar-refractivity contribution >= 4 is 13.3 Å². The number of rotatable bonds is 3. The Morgan fingerprint density at radius 1 is 1.00 bits per heavy atom. The quantitative estimate of drug-likeness (QED) is 0.850. The molecule has 0 heterocycles. The first-order valence-electron chi connectivity index (χ1n) is 5.95. The van der Waals surface area contributed by atoms with E-state index in [1.165, 1.54) is 0 Å². The molecule has 1 N–H and O–H groups in total. The summed E-state index contributed by atoms with van der Waals surface area (Å²) in [5.74, 6) is 0.315. The van der Waals surface area contributed by atoms with Crippen LogP contribution in [0.25, 0.3) is 11.1 Å². The van der Waals surface area contributed by atoms with Crippen LogP contribution in [0.15, 0.2) is 48.5 Å². The van der Waals surface area contributed by atoms with Crippen LogP contribution < -0.4 is 5.30 Å². The molecule has 0 bridgehead atoms. The summed E-state index contributed by atoms with van der Waals surface area (Å²) in [5.41, 5.74) is 3.00. The Morgan fingerprint density at radius 2 is 1.67 bits per heavy atom. The minimum absolute atomic E-state index is 0.315. The van der Waals surface area contributed by atoms with Crippen LogP contribution in [0, 0.1) is 0 Å². The molecule has 2 rings (SSSR count). The molecule has 1 atom stereocenters. The van der Waals surface area contributed by atoms with Gasteiger partial charge in [0.25, 0.3) is 0 Å². The van der Waals surface area contributed by atoms with Gasteiger partial charge in [0.15, 0.2) is 0 Å². The molecule has 0 saturated carbocycles. The van der Waals surface area contributed by atoms with E-state index in [9.17, 15) is 9.46 Å². The van der Waals surface area contributed by atoms with Crippen molar-refractivity contribution in [3.05, 3.63) is 54.1 Å². The lowest BCUT2D eigenvalue weighted by molar-refractivity contribution is 0.513. The van der Waals surface area contributed by atoms with E-state index in [2.05, 4.69) is 13.8 Å². The zero-order chi connectivity index (χ0) is 13.1. The van der Waals surface area contributed by atoms with Crippen LogP contribution >= 0.6 is 8.03 Å². The number of benzene rings is 2. The van der Waals surface area contributed by atoms with Crippen LogP contribution in [-0.4, -0.2) is 4.89 Å². The topological polar surface area (TPSA) is 37.3 Å². The molecule has 0 aliphatic heterocycles. The van der Waals surface area contributed by atoms with Gasteiger partial charge in [0, 0.05) is 5.56 Å². The molecule has 0 amide bonds. The standard InChI is InChI=1S/C15H15O2P/c1-11(2)13-9-6-10-14(18(16)17)15(13)12-7-4-3-5-8-12/h3-11H,1-2H3/p+1. The average Bonchev–Trinajstić information content (AvgIpc) is 2.38. The van der Waals surface area contributed by atoms with Crippen molar-refractivity contribution < 1.29 is 9.46 Å². The van der Waals surface area contributed by atoms with E-state index >= 15 is 0 Å². The fourth-order valence-electron chi connectivity index (χ4n) is 2.12. The maximum Gasteiger partial charge on any atom is 0.546 e. The largest absolute Gasteiger partial charge is 0.546 e. The average molecular weight is 259 g/mol. The van der Waals surface area contributed by atoms with Crippen molar-refractivity contribution in [2.45, 2.75) is 19.8 Å². The SMILES string of the molecule is CC(C)c1cccc([P+](=O)O)c1-c1ccccc1. The van der Waals surface area contributed by atoms with Crippen LogP contribution in [0.1, 0.15) is 25.3 Å². The highest BCUT2D eigenvalue weighted by molar-refractivity contribution is 7.47. The van der Waals surface area contributed by atoms with Gasteiger partial charge in [-0.3, -0.25) is 0 Å².